The summed E-state index contributed by atoms with van der Waals surface area (Å²) in [7, 11) is 1.39. The first-order valence-electron chi connectivity index (χ1n) is 5.03. The van der Waals surface area contributed by atoms with Gasteiger partial charge in [0, 0.05) is 11.8 Å². The first-order valence-corrected chi connectivity index (χ1v) is 6.62. The number of amides is 1. The molecule has 7 heteroatoms. The lowest BCUT2D eigenvalue weighted by atomic mass is 10.0. The molecular formula is C11H14N2O3S2. The number of thiol groups is 1. The number of nitrogens with zero attached hydrogens (tertiary/aromatic N) is 1. The fourth-order valence-electron chi connectivity index (χ4n) is 1.39. The zero-order chi connectivity index (χ0) is 13.4. The summed E-state index contributed by atoms with van der Waals surface area (Å²) in [5.41, 5.74) is 1.66. The smallest absolute Gasteiger partial charge is 0.283 e. The van der Waals surface area contributed by atoms with Crippen LogP contribution >= 0.6 is 24.9 Å². The molecule has 1 amide bonds. The molecule has 18 heavy (non-hydrogen) atoms. The SMILES string of the molecule is CO/N=C(/C(=O)NSC)c1ccccc1COS. The van der Waals surface area contributed by atoms with Crippen molar-refractivity contribution in [2.45, 2.75) is 6.61 Å². The van der Waals surface area contributed by atoms with Crippen LogP contribution in [-0.2, 0) is 20.4 Å². The molecule has 98 valence electrons. The van der Waals surface area contributed by atoms with Crippen LogP contribution in [0.4, 0.5) is 0 Å². The molecule has 0 bridgehead atoms. The van der Waals surface area contributed by atoms with Crippen molar-refractivity contribution >= 4 is 36.5 Å². The fraction of sp³-hybridized carbons (Fsp3) is 0.273. The summed E-state index contributed by atoms with van der Waals surface area (Å²) in [5, 5.41) is 3.77. The first-order chi connectivity index (χ1) is 8.74. The largest absolute Gasteiger partial charge is 0.398 e. The molecule has 0 atom stereocenters. The summed E-state index contributed by atoms with van der Waals surface area (Å²) >= 11 is 4.91. The highest BCUT2D eigenvalue weighted by Crippen LogP contribution is 2.13. The van der Waals surface area contributed by atoms with Crippen molar-refractivity contribution in [3.63, 3.8) is 0 Å². The van der Waals surface area contributed by atoms with E-state index in [0.717, 1.165) is 5.56 Å². The van der Waals surface area contributed by atoms with Crippen molar-refractivity contribution < 1.29 is 13.8 Å². The van der Waals surface area contributed by atoms with E-state index in [-0.39, 0.29) is 18.2 Å². The van der Waals surface area contributed by atoms with E-state index in [9.17, 15) is 4.79 Å². The van der Waals surface area contributed by atoms with Crippen LogP contribution < -0.4 is 4.72 Å². The van der Waals surface area contributed by atoms with Crippen LogP contribution in [0.3, 0.4) is 0 Å². The number of benzene rings is 1. The Hall–Kier alpha value is -1.18. The Morgan fingerprint density at radius 2 is 2.22 bits per heavy atom. The molecule has 5 nitrogen and oxygen atoms in total. The second-order valence-corrected chi connectivity index (χ2v) is 4.06. The van der Waals surface area contributed by atoms with E-state index in [1.807, 2.05) is 18.2 Å². The fourth-order valence-corrected chi connectivity index (χ4v) is 1.81. The molecule has 0 aliphatic carbocycles. The van der Waals surface area contributed by atoms with Crippen LogP contribution in [0, 0.1) is 0 Å². The number of nitrogens with one attached hydrogen (secondary N) is 1. The molecule has 0 fully saturated rings. The molecule has 0 aromatic heterocycles. The highest BCUT2D eigenvalue weighted by Gasteiger charge is 2.17. The summed E-state index contributed by atoms with van der Waals surface area (Å²) in [6.45, 7) is 0.272. The maximum absolute atomic E-state index is 11.9. The Morgan fingerprint density at radius 1 is 1.50 bits per heavy atom. The lowest BCUT2D eigenvalue weighted by molar-refractivity contribution is -0.113. The predicted molar refractivity (Wildman–Crippen MR) is 75.4 cm³/mol. The summed E-state index contributed by atoms with van der Waals surface area (Å²) < 4.78 is 7.40. The van der Waals surface area contributed by atoms with Gasteiger partial charge in [0.2, 0.25) is 0 Å². The second kappa shape index (κ2) is 8.02. The van der Waals surface area contributed by atoms with E-state index < -0.39 is 0 Å². The number of oxime groups is 1. The zero-order valence-corrected chi connectivity index (χ0v) is 11.8. The third-order valence-electron chi connectivity index (χ3n) is 2.08. The molecule has 1 rings (SSSR count). The van der Waals surface area contributed by atoms with Gasteiger partial charge < -0.3 is 9.02 Å². The highest BCUT2D eigenvalue weighted by molar-refractivity contribution is 7.97. The number of hydrogen-bond acceptors (Lipinski definition) is 6. The molecule has 0 saturated heterocycles. The topological polar surface area (TPSA) is 59.9 Å². The lowest BCUT2D eigenvalue weighted by Crippen LogP contribution is -2.27. The summed E-state index contributed by atoms with van der Waals surface area (Å²) in [6, 6.07) is 7.28. The molecule has 0 spiro atoms. The van der Waals surface area contributed by atoms with Crippen LogP contribution in [0.5, 0.6) is 0 Å². The third kappa shape index (κ3) is 3.94. The minimum atomic E-state index is -0.323. The van der Waals surface area contributed by atoms with E-state index in [1.165, 1.54) is 19.1 Å². The molecule has 0 heterocycles. The van der Waals surface area contributed by atoms with Crippen LogP contribution in [0.15, 0.2) is 29.4 Å². The third-order valence-corrected chi connectivity index (χ3v) is 2.60. The minimum Gasteiger partial charge on any atom is -0.398 e. The van der Waals surface area contributed by atoms with Crippen LogP contribution in [-0.4, -0.2) is 25.0 Å². The Morgan fingerprint density at radius 3 is 2.83 bits per heavy atom. The van der Waals surface area contributed by atoms with Gasteiger partial charge in [-0.05, 0) is 18.5 Å². The van der Waals surface area contributed by atoms with Crippen LogP contribution in [0.1, 0.15) is 11.1 Å². The van der Waals surface area contributed by atoms with E-state index in [2.05, 4.69) is 22.8 Å². The Bertz CT molecular complexity index is 438. The van der Waals surface area contributed by atoms with E-state index in [0.29, 0.717) is 5.56 Å². The monoisotopic (exact) mass is 286 g/mol. The maximum atomic E-state index is 11.9. The van der Waals surface area contributed by atoms with Gasteiger partial charge in [0.15, 0.2) is 5.71 Å². The number of carbonyl (C=O) groups is 1. The normalized spacial score (nSPS) is 11.2. The zero-order valence-electron chi connectivity index (χ0n) is 10.0. The maximum Gasteiger partial charge on any atom is 0.283 e. The van der Waals surface area contributed by atoms with Crippen molar-refractivity contribution in [2.75, 3.05) is 13.4 Å². The van der Waals surface area contributed by atoms with Crippen molar-refractivity contribution in [3.05, 3.63) is 35.4 Å². The summed E-state index contributed by atoms with van der Waals surface area (Å²) in [4.78, 5) is 16.6. The van der Waals surface area contributed by atoms with Gasteiger partial charge in [-0.25, -0.2) is 0 Å². The van der Waals surface area contributed by atoms with Crippen molar-refractivity contribution in [1.82, 2.24) is 4.72 Å². The Labute approximate surface area is 116 Å². The van der Waals surface area contributed by atoms with Gasteiger partial charge in [-0.3, -0.25) is 9.52 Å². The van der Waals surface area contributed by atoms with Crippen molar-refractivity contribution in [1.29, 1.82) is 0 Å². The first kappa shape index (κ1) is 14.9. The molecule has 1 N–H and O–H groups in total. The average molecular weight is 286 g/mol. The average Bonchev–Trinajstić information content (AvgIpc) is 2.37. The van der Waals surface area contributed by atoms with Gasteiger partial charge in [-0.2, -0.15) is 0 Å². The van der Waals surface area contributed by atoms with Gasteiger partial charge in [-0.1, -0.05) is 41.4 Å². The molecule has 1 aromatic carbocycles. The minimum absolute atomic E-state index is 0.202. The van der Waals surface area contributed by atoms with Gasteiger partial charge in [-0.15, -0.1) is 0 Å². The second-order valence-electron chi connectivity index (χ2n) is 3.19. The van der Waals surface area contributed by atoms with Crippen LogP contribution in [0.2, 0.25) is 0 Å². The van der Waals surface area contributed by atoms with Crippen molar-refractivity contribution in [2.24, 2.45) is 5.16 Å². The van der Waals surface area contributed by atoms with E-state index in [1.54, 1.807) is 12.3 Å². The standard InChI is InChI=1S/C11H14N2O3S2/c1-15-12-10(11(14)13-18-2)9-6-4-3-5-8(9)7-16-17/h3-6,17H,7H2,1-2H3,(H,13,14)/b12-10+. The molecule has 1 aromatic rings. The van der Waals surface area contributed by atoms with Gasteiger partial charge in [0.05, 0.1) is 6.61 Å². The Balaban J connectivity index is 3.13. The molecular weight excluding hydrogens is 272 g/mol. The van der Waals surface area contributed by atoms with Gasteiger partial charge in [0.25, 0.3) is 5.91 Å². The number of carbonyl (C=O) groups excluding carboxylic acids is 1. The van der Waals surface area contributed by atoms with E-state index >= 15 is 0 Å². The lowest BCUT2D eigenvalue weighted by Gasteiger charge is -2.09. The number of hydrogen-bond donors (Lipinski definition) is 2. The van der Waals surface area contributed by atoms with Gasteiger partial charge in [0.1, 0.15) is 7.11 Å². The summed E-state index contributed by atoms with van der Waals surface area (Å²) in [5.74, 6) is -0.323. The predicted octanol–water partition coefficient (Wildman–Crippen LogP) is 1.79. The molecule has 0 aliphatic rings. The van der Waals surface area contributed by atoms with Gasteiger partial charge >= 0.3 is 0 Å². The molecule has 0 radical (unpaired) electrons. The molecule has 0 aliphatic heterocycles. The van der Waals surface area contributed by atoms with E-state index in [4.69, 9.17) is 9.02 Å². The summed E-state index contributed by atoms with van der Waals surface area (Å²) in [6.07, 6.45) is 1.76. The quantitative estimate of drug-likeness (QED) is 0.275. The number of rotatable bonds is 6. The Kier molecular flexibility index (Phi) is 6.63. The molecule has 0 saturated carbocycles. The molecule has 0 unspecified atom stereocenters. The highest BCUT2D eigenvalue weighted by atomic mass is 32.2. The van der Waals surface area contributed by atoms with Crippen LogP contribution in [0.25, 0.3) is 0 Å². The van der Waals surface area contributed by atoms with Crippen molar-refractivity contribution in [3.8, 4) is 0 Å².